The summed E-state index contributed by atoms with van der Waals surface area (Å²) in [5, 5.41) is 2.76. The van der Waals surface area contributed by atoms with Crippen LogP contribution in [0.1, 0.15) is 49.0 Å². The number of nitrogens with zero attached hydrogens (tertiary/aromatic N) is 3. The van der Waals surface area contributed by atoms with Gasteiger partial charge in [0.2, 0.25) is 5.91 Å². The summed E-state index contributed by atoms with van der Waals surface area (Å²) in [5.74, 6) is 0.709. The lowest BCUT2D eigenvalue weighted by Crippen LogP contribution is -2.40. The van der Waals surface area contributed by atoms with Gasteiger partial charge >= 0.3 is 0 Å². The summed E-state index contributed by atoms with van der Waals surface area (Å²) in [6, 6.07) is -0.103. The van der Waals surface area contributed by atoms with Crippen LogP contribution in [-0.2, 0) is 16.1 Å². The maximum absolute atomic E-state index is 12.1. The molecular formula is C15H24N4O3. The molecule has 0 aromatic carbocycles. The van der Waals surface area contributed by atoms with E-state index in [4.69, 9.17) is 4.74 Å². The number of carbonyl (C=O) groups is 2. The highest BCUT2D eigenvalue weighted by Gasteiger charge is 2.29. The largest absolute Gasteiger partial charge is 0.383 e. The average Bonchev–Trinajstić information content (AvgIpc) is 2.93. The summed E-state index contributed by atoms with van der Waals surface area (Å²) >= 11 is 0. The molecule has 2 rings (SSSR count). The molecule has 0 spiro atoms. The van der Waals surface area contributed by atoms with E-state index in [0.717, 1.165) is 12.2 Å². The number of fused-ring (bicyclic) bond motifs is 1. The summed E-state index contributed by atoms with van der Waals surface area (Å²) in [4.78, 5) is 30.4. The van der Waals surface area contributed by atoms with Crippen LogP contribution in [0.15, 0.2) is 6.20 Å². The first-order chi connectivity index (χ1) is 10.6. The molecule has 7 nitrogen and oxygen atoms in total. The molecule has 1 atom stereocenters. The Morgan fingerprint density at radius 2 is 2.23 bits per heavy atom. The summed E-state index contributed by atoms with van der Waals surface area (Å²) < 4.78 is 6.87. The van der Waals surface area contributed by atoms with Crippen LogP contribution in [0.2, 0.25) is 0 Å². The van der Waals surface area contributed by atoms with Crippen molar-refractivity contribution in [3.8, 4) is 0 Å². The van der Waals surface area contributed by atoms with E-state index in [1.54, 1.807) is 13.3 Å². The average molecular weight is 308 g/mol. The molecule has 0 fully saturated rings. The van der Waals surface area contributed by atoms with Crippen LogP contribution in [0.5, 0.6) is 0 Å². The Balaban J connectivity index is 2.08. The molecule has 1 aromatic heterocycles. The quantitative estimate of drug-likeness (QED) is 0.794. The van der Waals surface area contributed by atoms with E-state index >= 15 is 0 Å². The monoisotopic (exact) mass is 308 g/mol. The molecule has 0 bridgehead atoms. The number of methoxy groups -OCH3 is 1. The number of hydrogen-bond acceptors (Lipinski definition) is 4. The van der Waals surface area contributed by atoms with E-state index in [1.807, 2.05) is 23.3 Å². The molecule has 1 aliphatic heterocycles. The Kier molecular flexibility index (Phi) is 5.54. The summed E-state index contributed by atoms with van der Waals surface area (Å²) in [6.45, 7) is 6.21. The van der Waals surface area contributed by atoms with Crippen LogP contribution in [0.25, 0.3) is 0 Å². The van der Waals surface area contributed by atoms with E-state index in [2.05, 4.69) is 10.3 Å². The molecule has 2 heterocycles. The lowest BCUT2D eigenvalue weighted by atomic mass is 10.2. The van der Waals surface area contributed by atoms with Crippen LogP contribution in [0, 0.1) is 0 Å². The van der Waals surface area contributed by atoms with Gasteiger partial charge < -0.3 is 19.5 Å². The second kappa shape index (κ2) is 7.40. The predicted octanol–water partition coefficient (Wildman–Crippen LogP) is 0.963. The third-order valence-corrected chi connectivity index (χ3v) is 3.84. The highest BCUT2D eigenvalue weighted by atomic mass is 16.5. The van der Waals surface area contributed by atoms with Crippen LogP contribution in [0.3, 0.4) is 0 Å². The van der Waals surface area contributed by atoms with Gasteiger partial charge in [-0.2, -0.15) is 0 Å². The van der Waals surface area contributed by atoms with Gasteiger partial charge in [-0.15, -0.1) is 0 Å². The van der Waals surface area contributed by atoms with Gasteiger partial charge in [0.15, 0.2) is 0 Å². The highest BCUT2D eigenvalue weighted by molar-refractivity contribution is 5.92. The van der Waals surface area contributed by atoms with Crippen molar-refractivity contribution in [2.45, 2.75) is 39.3 Å². The molecular weight excluding hydrogens is 284 g/mol. The minimum absolute atomic E-state index is 0.103. The second-order valence-corrected chi connectivity index (χ2v) is 5.44. The molecule has 7 heteroatoms. The summed E-state index contributed by atoms with van der Waals surface area (Å²) in [7, 11) is 1.59. The number of nitrogens with one attached hydrogen (secondary N) is 1. The fraction of sp³-hybridized carbons (Fsp3) is 0.667. The molecule has 0 saturated heterocycles. The van der Waals surface area contributed by atoms with Gasteiger partial charge in [0.25, 0.3) is 5.91 Å². The maximum Gasteiger partial charge on any atom is 0.271 e. The minimum atomic E-state index is -0.211. The van der Waals surface area contributed by atoms with Crippen molar-refractivity contribution in [2.24, 2.45) is 0 Å². The van der Waals surface area contributed by atoms with Crippen molar-refractivity contribution in [1.29, 1.82) is 0 Å². The first-order valence-corrected chi connectivity index (χ1v) is 7.72. The molecule has 0 aliphatic carbocycles. The van der Waals surface area contributed by atoms with Gasteiger partial charge in [-0.25, -0.2) is 4.98 Å². The SMILES string of the molecule is CCCC(=O)N1CCn2cc(C(=O)NCCOC)nc2[C@@H]1C. The van der Waals surface area contributed by atoms with E-state index in [0.29, 0.717) is 38.4 Å². The van der Waals surface area contributed by atoms with E-state index in [1.165, 1.54) is 0 Å². The zero-order chi connectivity index (χ0) is 16.1. The van der Waals surface area contributed by atoms with Gasteiger partial charge in [0.1, 0.15) is 11.5 Å². The van der Waals surface area contributed by atoms with Gasteiger partial charge in [-0.1, -0.05) is 6.92 Å². The van der Waals surface area contributed by atoms with Crippen LogP contribution < -0.4 is 5.32 Å². The van der Waals surface area contributed by atoms with Gasteiger partial charge in [0, 0.05) is 39.4 Å². The zero-order valence-electron chi connectivity index (χ0n) is 13.5. The topological polar surface area (TPSA) is 76.5 Å². The van der Waals surface area contributed by atoms with Gasteiger partial charge in [-0.05, 0) is 13.3 Å². The van der Waals surface area contributed by atoms with Crippen LogP contribution in [-0.4, -0.2) is 53.1 Å². The number of hydrogen-bond donors (Lipinski definition) is 1. The first kappa shape index (κ1) is 16.5. The Hall–Kier alpha value is -1.89. The molecule has 22 heavy (non-hydrogen) atoms. The van der Waals surface area contributed by atoms with Crippen molar-refractivity contribution in [1.82, 2.24) is 19.8 Å². The zero-order valence-corrected chi connectivity index (χ0v) is 13.5. The molecule has 1 aliphatic rings. The number of carbonyl (C=O) groups excluding carboxylic acids is 2. The summed E-state index contributed by atoms with van der Waals surface area (Å²) in [5.41, 5.74) is 0.391. The van der Waals surface area contributed by atoms with E-state index in [9.17, 15) is 9.59 Å². The van der Waals surface area contributed by atoms with E-state index < -0.39 is 0 Å². The number of rotatable bonds is 6. The molecule has 0 unspecified atom stereocenters. The Morgan fingerprint density at radius 3 is 2.91 bits per heavy atom. The fourth-order valence-corrected chi connectivity index (χ4v) is 2.66. The first-order valence-electron chi connectivity index (χ1n) is 7.72. The lowest BCUT2D eigenvalue weighted by molar-refractivity contribution is -0.134. The Morgan fingerprint density at radius 1 is 1.45 bits per heavy atom. The lowest BCUT2D eigenvalue weighted by Gasteiger charge is -2.33. The Labute approximate surface area is 130 Å². The highest BCUT2D eigenvalue weighted by Crippen LogP contribution is 2.25. The Bertz CT molecular complexity index is 541. The molecule has 122 valence electrons. The van der Waals surface area contributed by atoms with Crippen molar-refractivity contribution in [2.75, 3.05) is 26.8 Å². The normalized spacial score (nSPS) is 17.2. The van der Waals surface area contributed by atoms with Gasteiger partial charge in [0.05, 0.1) is 12.6 Å². The standard InChI is InChI=1S/C15H24N4O3/c1-4-5-13(20)19-8-7-18-10-12(17-14(18)11(19)2)15(21)16-6-9-22-3/h10-11H,4-9H2,1-3H3,(H,16,21)/t11-/m0/s1. The number of ether oxygens (including phenoxy) is 1. The minimum Gasteiger partial charge on any atom is -0.383 e. The third-order valence-electron chi connectivity index (χ3n) is 3.84. The third kappa shape index (κ3) is 3.47. The van der Waals surface area contributed by atoms with Crippen LogP contribution in [0.4, 0.5) is 0 Å². The molecule has 0 saturated carbocycles. The van der Waals surface area contributed by atoms with Crippen molar-refractivity contribution in [3.63, 3.8) is 0 Å². The second-order valence-electron chi connectivity index (χ2n) is 5.44. The fourth-order valence-electron chi connectivity index (χ4n) is 2.66. The van der Waals surface area contributed by atoms with Crippen molar-refractivity contribution >= 4 is 11.8 Å². The maximum atomic E-state index is 12.1. The van der Waals surface area contributed by atoms with Crippen LogP contribution >= 0.6 is 0 Å². The molecule has 1 aromatic rings. The number of imidazole rings is 1. The number of aromatic nitrogens is 2. The number of amides is 2. The summed E-state index contributed by atoms with van der Waals surface area (Å²) in [6.07, 6.45) is 3.15. The van der Waals surface area contributed by atoms with Gasteiger partial charge in [-0.3, -0.25) is 9.59 Å². The predicted molar refractivity (Wildman–Crippen MR) is 81.5 cm³/mol. The van der Waals surface area contributed by atoms with Crippen molar-refractivity contribution in [3.05, 3.63) is 17.7 Å². The smallest absolute Gasteiger partial charge is 0.271 e. The molecule has 1 N–H and O–H groups in total. The molecule has 2 amide bonds. The molecule has 0 radical (unpaired) electrons. The van der Waals surface area contributed by atoms with E-state index in [-0.39, 0.29) is 17.9 Å². The van der Waals surface area contributed by atoms with Crippen molar-refractivity contribution < 1.29 is 14.3 Å².